The van der Waals surface area contributed by atoms with E-state index in [1.54, 1.807) is 6.07 Å². The Hall–Kier alpha value is -2.01. The lowest BCUT2D eigenvalue weighted by Gasteiger charge is -2.11. The molecule has 4 nitrogen and oxygen atoms in total. The Morgan fingerprint density at radius 2 is 1.73 bits per heavy atom. The van der Waals surface area contributed by atoms with Gasteiger partial charge in [0.2, 0.25) is 5.75 Å². The summed E-state index contributed by atoms with van der Waals surface area (Å²) in [5.41, 5.74) is 2.04. The summed E-state index contributed by atoms with van der Waals surface area (Å²) in [4.78, 5) is 12.0. The number of hydrogen-bond donors (Lipinski definition) is 0. The van der Waals surface area contributed by atoms with Crippen LogP contribution in [0, 0.1) is 17.0 Å². The SMILES string of the molecule is CCCCCCCCc1cccc([N+](=O)[O-])c1OSc1ccccc1C. The van der Waals surface area contributed by atoms with Crippen LogP contribution in [0.5, 0.6) is 5.75 Å². The summed E-state index contributed by atoms with van der Waals surface area (Å²) in [5.74, 6) is 0.388. The van der Waals surface area contributed by atoms with Crippen LogP contribution in [0.15, 0.2) is 47.4 Å². The van der Waals surface area contributed by atoms with Crippen LogP contribution in [0.4, 0.5) is 5.69 Å². The molecule has 0 amide bonds. The molecule has 0 atom stereocenters. The maximum absolute atomic E-state index is 11.4. The molecule has 0 saturated carbocycles. The average Bonchev–Trinajstić information content (AvgIpc) is 2.64. The largest absolute Gasteiger partial charge is 0.413 e. The molecule has 26 heavy (non-hydrogen) atoms. The van der Waals surface area contributed by atoms with Crippen molar-refractivity contribution in [2.45, 2.75) is 63.7 Å². The molecule has 2 aromatic carbocycles. The van der Waals surface area contributed by atoms with Crippen LogP contribution in [0.25, 0.3) is 0 Å². The number of nitrogens with zero attached hydrogens (tertiary/aromatic N) is 1. The number of unbranched alkanes of at least 4 members (excludes halogenated alkanes) is 5. The molecule has 0 aromatic heterocycles. The predicted molar refractivity (Wildman–Crippen MR) is 108 cm³/mol. The molecule has 0 unspecified atom stereocenters. The number of rotatable bonds is 11. The van der Waals surface area contributed by atoms with Crippen molar-refractivity contribution in [3.05, 3.63) is 63.7 Å². The van der Waals surface area contributed by atoms with Crippen LogP contribution < -0.4 is 4.18 Å². The van der Waals surface area contributed by atoms with Crippen molar-refractivity contribution in [1.82, 2.24) is 0 Å². The van der Waals surface area contributed by atoms with Crippen LogP contribution in [-0.4, -0.2) is 4.92 Å². The Labute approximate surface area is 160 Å². The molecule has 0 heterocycles. The third-order valence-electron chi connectivity index (χ3n) is 4.38. The maximum atomic E-state index is 11.4. The molecule has 0 spiro atoms. The van der Waals surface area contributed by atoms with E-state index in [2.05, 4.69) is 6.92 Å². The van der Waals surface area contributed by atoms with Crippen molar-refractivity contribution in [2.24, 2.45) is 0 Å². The molecular formula is C21H27NO3S. The van der Waals surface area contributed by atoms with Crippen LogP contribution in [-0.2, 0) is 6.42 Å². The fourth-order valence-corrected chi connectivity index (χ4v) is 3.54. The predicted octanol–water partition coefficient (Wildman–Crippen LogP) is 6.89. The number of nitro groups is 1. The zero-order chi connectivity index (χ0) is 18.8. The second-order valence-electron chi connectivity index (χ2n) is 6.47. The summed E-state index contributed by atoms with van der Waals surface area (Å²) in [5, 5.41) is 11.4. The van der Waals surface area contributed by atoms with Gasteiger partial charge in [0.05, 0.1) is 21.9 Å². The van der Waals surface area contributed by atoms with Gasteiger partial charge >= 0.3 is 5.69 Å². The van der Waals surface area contributed by atoms with E-state index in [4.69, 9.17) is 4.18 Å². The van der Waals surface area contributed by atoms with E-state index in [9.17, 15) is 10.1 Å². The van der Waals surface area contributed by atoms with E-state index < -0.39 is 0 Å². The third-order valence-corrected chi connectivity index (χ3v) is 5.27. The van der Waals surface area contributed by atoms with Crippen molar-refractivity contribution < 1.29 is 9.11 Å². The minimum Gasteiger partial charge on any atom is -0.413 e. The Morgan fingerprint density at radius 3 is 2.46 bits per heavy atom. The second-order valence-corrected chi connectivity index (χ2v) is 7.25. The van der Waals surface area contributed by atoms with Gasteiger partial charge in [-0.3, -0.25) is 10.1 Å². The van der Waals surface area contributed by atoms with E-state index in [-0.39, 0.29) is 10.6 Å². The molecule has 0 N–H and O–H groups in total. The van der Waals surface area contributed by atoms with Gasteiger partial charge in [0.1, 0.15) is 0 Å². The van der Waals surface area contributed by atoms with Gasteiger partial charge in [-0.2, -0.15) is 0 Å². The monoisotopic (exact) mass is 373 g/mol. The van der Waals surface area contributed by atoms with Gasteiger partial charge < -0.3 is 4.18 Å². The molecule has 0 radical (unpaired) electrons. The first-order valence-electron chi connectivity index (χ1n) is 9.30. The van der Waals surface area contributed by atoms with Gasteiger partial charge in [0.25, 0.3) is 0 Å². The van der Waals surface area contributed by atoms with Crippen molar-refractivity contribution in [3.63, 3.8) is 0 Å². The summed E-state index contributed by atoms with van der Waals surface area (Å²) < 4.78 is 5.87. The van der Waals surface area contributed by atoms with Gasteiger partial charge in [-0.05, 0) is 31.4 Å². The molecule has 0 aliphatic carbocycles. The van der Waals surface area contributed by atoms with Gasteiger partial charge in [0, 0.05) is 11.6 Å². The van der Waals surface area contributed by atoms with Crippen LogP contribution in [0.1, 0.15) is 56.6 Å². The number of nitro benzene ring substituents is 1. The Bertz CT molecular complexity index is 718. The summed E-state index contributed by atoms with van der Waals surface area (Å²) in [7, 11) is 0. The van der Waals surface area contributed by atoms with Crippen molar-refractivity contribution in [3.8, 4) is 5.75 Å². The lowest BCUT2D eigenvalue weighted by Crippen LogP contribution is -1.98. The number of para-hydroxylation sites is 1. The van der Waals surface area contributed by atoms with E-state index >= 15 is 0 Å². The summed E-state index contributed by atoms with van der Waals surface area (Å²) in [6.07, 6.45) is 7.97. The normalized spacial score (nSPS) is 10.7. The lowest BCUT2D eigenvalue weighted by molar-refractivity contribution is -0.385. The van der Waals surface area contributed by atoms with E-state index in [1.165, 1.54) is 43.8 Å². The molecule has 140 valence electrons. The first kappa shape index (κ1) is 20.3. The quantitative estimate of drug-likeness (QED) is 0.186. The zero-order valence-electron chi connectivity index (χ0n) is 15.6. The van der Waals surface area contributed by atoms with Gasteiger partial charge in [-0.15, -0.1) is 0 Å². The molecule has 5 heteroatoms. The molecule has 0 saturated heterocycles. The number of aryl methyl sites for hydroxylation is 2. The van der Waals surface area contributed by atoms with Gasteiger partial charge in [-0.25, -0.2) is 0 Å². The first-order valence-corrected chi connectivity index (χ1v) is 10.0. The Kier molecular flexibility index (Phi) is 8.48. The fourth-order valence-electron chi connectivity index (χ4n) is 2.84. The minimum atomic E-state index is -0.363. The van der Waals surface area contributed by atoms with Gasteiger partial charge in [0.15, 0.2) is 0 Å². The topological polar surface area (TPSA) is 52.4 Å². The zero-order valence-corrected chi connectivity index (χ0v) is 16.4. The van der Waals surface area contributed by atoms with Crippen molar-refractivity contribution in [1.29, 1.82) is 0 Å². The average molecular weight is 374 g/mol. The van der Waals surface area contributed by atoms with Gasteiger partial charge in [-0.1, -0.05) is 69.4 Å². The Balaban J connectivity index is 2.06. The molecule has 2 aromatic rings. The van der Waals surface area contributed by atoms with Crippen LogP contribution in [0.3, 0.4) is 0 Å². The minimum absolute atomic E-state index is 0.0366. The highest BCUT2D eigenvalue weighted by atomic mass is 32.2. The molecule has 0 aliphatic heterocycles. The molecular weight excluding hydrogens is 346 g/mol. The maximum Gasteiger partial charge on any atom is 0.312 e. The standard InChI is InChI=1S/C21H27NO3S/c1-3-4-5-6-7-8-13-18-14-11-15-19(22(23)24)21(18)25-26-20-16-10-9-12-17(20)2/h9-12,14-16H,3-8,13H2,1-2H3. The van der Waals surface area contributed by atoms with Crippen molar-refractivity contribution in [2.75, 3.05) is 0 Å². The summed E-state index contributed by atoms with van der Waals surface area (Å²) in [6.45, 7) is 4.21. The summed E-state index contributed by atoms with van der Waals surface area (Å²) in [6, 6.07) is 13.1. The molecule has 0 aliphatic rings. The Morgan fingerprint density at radius 1 is 1.00 bits per heavy atom. The van der Waals surface area contributed by atoms with E-state index in [1.807, 2.05) is 37.3 Å². The van der Waals surface area contributed by atoms with E-state index in [0.717, 1.165) is 35.3 Å². The molecule has 2 rings (SSSR count). The number of benzene rings is 2. The third kappa shape index (κ3) is 6.06. The molecule has 0 bridgehead atoms. The fraction of sp³-hybridized carbons (Fsp3) is 0.429. The van der Waals surface area contributed by atoms with E-state index in [0.29, 0.717) is 5.75 Å². The molecule has 0 fully saturated rings. The second kappa shape index (κ2) is 10.9. The first-order chi connectivity index (χ1) is 12.6. The van der Waals surface area contributed by atoms with Crippen LogP contribution in [0.2, 0.25) is 0 Å². The number of hydrogen-bond acceptors (Lipinski definition) is 4. The summed E-state index contributed by atoms with van der Waals surface area (Å²) >= 11 is 1.19. The highest BCUT2D eigenvalue weighted by molar-refractivity contribution is 7.95. The van der Waals surface area contributed by atoms with Crippen LogP contribution >= 0.6 is 12.0 Å². The highest BCUT2D eigenvalue weighted by Gasteiger charge is 2.20. The smallest absolute Gasteiger partial charge is 0.312 e. The highest BCUT2D eigenvalue weighted by Crippen LogP contribution is 2.36. The lowest BCUT2D eigenvalue weighted by atomic mass is 10.0. The van der Waals surface area contributed by atoms with Crippen molar-refractivity contribution >= 4 is 17.7 Å².